The van der Waals surface area contributed by atoms with Gasteiger partial charge >= 0.3 is 0 Å². The summed E-state index contributed by atoms with van der Waals surface area (Å²) in [6.45, 7) is 14.0. The molecule has 2 heteroatoms. The first-order valence-electron chi connectivity index (χ1n) is 6.84. The fourth-order valence-electron chi connectivity index (χ4n) is 3.05. The molecule has 0 fully saturated rings. The molecule has 18 heavy (non-hydrogen) atoms. The number of nitrogens with zero attached hydrogens (tertiary/aromatic N) is 1. The molecule has 0 saturated carbocycles. The predicted molar refractivity (Wildman–Crippen MR) is 82.2 cm³/mol. The third kappa shape index (κ3) is 3.03. The zero-order valence-corrected chi connectivity index (χ0v) is 13.5. The highest BCUT2D eigenvalue weighted by Gasteiger charge is 2.41. The van der Waals surface area contributed by atoms with E-state index in [1.54, 1.807) is 6.20 Å². The molecule has 1 aromatic heterocycles. The molecule has 0 spiro atoms. The molecule has 0 unspecified atom stereocenters. The van der Waals surface area contributed by atoms with Crippen LogP contribution in [0.2, 0.25) is 16.6 Å². The molecule has 0 amide bonds. The molecule has 0 N–H and O–H groups in total. The number of hydrogen-bond donors (Lipinski definition) is 0. The number of aromatic nitrogens is 1. The minimum absolute atomic E-state index is 0.682. The Labute approximate surface area is 113 Å². The molecular weight excluding hydrogens is 234 g/mol. The van der Waals surface area contributed by atoms with Crippen molar-refractivity contribution >= 4 is 8.07 Å². The van der Waals surface area contributed by atoms with Crippen LogP contribution in [-0.4, -0.2) is 13.1 Å². The van der Waals surface area contributed by atoms with Gasteiger partial charge in [-0.2, -0.15) is 0 Å². The van der Waals surface area contributed by atoms with E-state index in [1.807, 2.05) is 18.3 Å². The Kier molecular flexibility index (Phi) is 5.16. The Morgan fingerprint density at radius 1 is 1.00 bits per heavy atom. The van der Waals surface area contributed by atoms with Crippen LogP contribution in [0.4, 0.5) is 0 Å². The lowest BCUT2D eigenvalue weighted by Gasteiger charge is -2.38. The van der Waals surface area contributed by atoms with Crippen molar-refractivity contribution in [2.45, 2.75) is 58.2 Å². The van der Waals surface area contributed by atoms with Crippen LogP contribution in [0, 0.1) is 11.5 Å². The Hall–Kier alpha value is -1.07. The number of pyridine rings is 1. The Bertz CT molecular complexity index is 402. The molecule has 1 rings (SSSR count). The Morgan fingerprint density at radius 3 is 1.94 bits per heavy atom. The molecule has 0 bridgehead atoms. The molecule has 0 aromatic carbocycles. The maximum Gasteiger partial charge on any atom is 0.146 e. The van der Waals surface area contributed by atoms with Crippen LogP contribution in [0.5, 0.6) is 0 Å². The summed E-state index contributed by atoms with van der Waals surface area (Å²) in [5.74, 6) is 3.38. The van der Waals surface area contributed by atoms with E-state index in [0.717, 1.165) is 5.56 Å². The highest BCUT2D eigenvalue weighted by Crippen LogP contribution is 2.40. The largest absolute Gasteiger partial charge is 0.263 e. The molecule has 0 aliphatic carbocycles. The summed E-state index contributed by atoms with van der Waals surface area (Å²) in [4.78, 5) is 4.13. The van der Waals surface area contributed by atoms with Gasteiger partial charge in [0.2, 0.25) is 0 Å². The van der Waals surface area contributed by atoms with Crippen LogP contribution < -0.4 is 0 Å². The van der Waals surface area contributed by atoms with Gasteiger partial charge in [-0.3, -0.25) is 4.98 Å². The van der Waals surface area contributed by atoms with Crippen molar-refractivity contribution in [3.05, 3.63) is 30.1 Å². The van der Waals surface area contributed by atoms with E-state index in [1.165, 1.54) is 0 Å². The molecule has 1 aromatic rings. The minimum Gasteiger partial charge on any atom is -0.263 e. The molecule has 0 atom stereocenters. The molecule has 0 aliphatic heterocycles. The van der Waals surface area contributed by atoms with Gasteiger partial charge in [0.05, 0.1) is 0 Å². The molecule has 98 valence electrons. The zero-order valence-electron chi connectivity index (χ0n) is 12.5. The van der Waals surface area contributed by atoms with Gasteiger partial charge in [-0.25, -0.2) is 0 Å². The van der Waals surface area contributed by atoms with Gasteiger partial charge < -0.3 is 0 Å². The average molecular weight is 259 g/mol. The molecule has 1 nitrogen and oxygen atoms in total. The second-order valence-electron chi connectivity index (χ2n) is 5.89. The highest BCUT2D eigenvalue weighted by molar-refractivity contribution is 6.90. The molecular formula is C16H25NSi. The van der Waals surface area contributed by atoms with Gasteiger partial charge in [0.15, 0.2) is 0 Å². The van der Waals surface area contributed by atoms with E-state index in [0.29, 0.717) is 16.6 Å². The summed E-state index contributed by atoms with van der Waals surface area (Å²) < 4.78 is 0. The van der Waals surface area contributed by atoms with Gasteiger partial charge in [0.25, 0.3) is 0 Å². The van der Waals surface area contributed by atoms with Gasteiger partial charge in [-0.1, -0.05) is 47.5 Å². The second kappa shape index (κ2) is 6.20. The summed E-state index contributed by atoms with van der Waals surface area (Å²) in [6, 6.07) is 3.99. The van der Waals surface area contributed by atoms with Crippen LogP contribution in [0.1, 0.15) is 47.1 Å². The third-order valence-corrected chi connectivity index (χ3v) is 10.2. The lowest BCUT2D eigenvalue weighted by Crippen LogP contribution is -2.43. The van der Waals surface area contributed by atoms with E-state index in [9.17, 15) is 0 Å². The SMILES string of the molecule is CC(C)[Si](C#Cc1cccnc1)(C(C)C)C(C)C. The van der Waals surface area contributed by atoms with E-state index >= 15 is 0 Å². The second-order valence-corrected chi connectivity index (χ2v) is 11.5. The third-order valence-electron chi connectivity index (χ3n) is 3.95. The Balaban J connectivity index is 3.18. The van der Waals surface area contributed by atoms with Gasteiger partial charge in [0.1, 0.15) is 8.07 Å². The average Bonchev–Trinajstić information content (AvgIpc) is 2.29. The normalized spacial score (nSPS) is 11.8. The van der Waals surface area contributed by atoms with Crippen molar-refractivity contribution in [3.8, 4) is 11.5 Å². The van der Waals surface area contributed by atoms with Gasteiger partial charge in [-0.15, -0.1) is 5.54 Å². The molecule has 0 saturated heterocycles. The van der Waals surface area contributed by atoms with E-state index < -0.39 is 8.07 Å². The molecule has 0 radical (unpaired) electrons. The molecule has 0 aliphatic rings. The fraction of sp³-hybridized carbons (Fsp3) is 0.562. The molecule has 1 heterocycles. The van der Waals surface area contributed by atoms with Gasteiger partial charge in [-0.05, 0) is 28.8 Å². The topological polar surface area (TPSA) is 12.9 Å². The predicted octanol–water partition coefficient (Wildman–Crippen LogP) is 4.65. The smallest absolute Gasteiger partial charge is 0.146 e. The number of rotatable bonds is 3. The van der Waals surface area contributed by atoms with Crippen molar-refractivity contribution < 1.29 is 0 Å². The van der Waals surface area contributed by atoms with Crippen LogP contribution >= 0.6 is 0 Å². The lowest BCUT2D eigenvalue weighted by molar-refractivity contribution is 0.838. The van der Waals surface area contributed by atoms with Crippen molar-refractivity contribution in [1.29, 1.82) is 0 Å². The monoisotopic (exact) mass is 259 g/mol. The van der Waals surface area contributed by atoms with Crippen molar-refractivity contribution in [2.75, 3.05) is 0 Å². The zero-order chi connectivity index (χ0) is 13.8. The number of hydrogen-bond acceptors (Lipinski definition) is 1. The summed E-state index contributed by atoms with van der Waals surface area (Å²) in [7, 11) is -1.60. The van der Waals surface area contributed by atoms with Crippen LogP contribution in [-0.2, 0) is 0 Å². The maximum absolute atomic E-state index is 4.13. The maximum atomic E-state index is 4.13. The Morgan fingerprint density at radius 2 is 1.56 bits per heavy atom. The summed E-state index contributed by atoms with van der Waals surface area (Å²) >= 11 is 0. The van der Waals surface area contributed by atoms with Crippen LogP contribution in [0.3, 0.4) is 0 Å². The first-order chi connectivity index (χ1) is 8.41. The minimum atomic E-state index is -1.60. The van der Waals surface area contributed by atoms with Crippen LogP contribution in [0.25, 0.3) is 0 Å². The van der Waals surface area contributed by atoms with Crippen molar-refractivity contribution in [2.24, 2.45) is 0 Å². The van der Waals surface area contributed by atoms with E-state index in [2.05, 4.69) is 58.0 Å². The van der Waals surface area contributed by atoms with Crippen LogP contribution in [0.15, 0.2) is 24.5 Å². The summed E-state index contributed by atoms with van der Waals surface area (Å²) in [6.07, 6.45) is 3.65. The first-order valence-corrected chi connectivity index (χ1v) is 9.07. The first kappa shape index (κ1) is 15.0. The van der Waals surface area contributed by atoms with Crippen molar-refractivity contribution in [1.82, 2.24) is 4.98 Å². The van der Waals surface area contributed by atoms with Crippen molar-refractivity contribution in [3.63, 3.8) is 0 Å². The van der Waals surface area contributed by atoms with Gasteiger partial charge in [0, 0.05) is 18.0 Å². The highest BCUT2D eigenvalue weighted by atomic mass is 28.3. The summed E-state index contributed by atoms with van der Waals surface area (Å²) in [5.41, 5.74) is 6.78. The van der Waals surface area contributed by atoms with E-state index in [-0.39, 0.29) is 0 Å². The summed E-state index contributed by atoms with van der Waals surface area (Å²) in [5, 5.41) is 0. The van der Waals surface area contributed by atoms with E-state index in [4.69, 9.17) is 0 Å². The fourth-order valence-corrected chi connectivity index (χ4v) is 8.28. The quantitative estimate of drug-likeness (QED) is 0.569. The standard InChI is InChI=1S/C16H25NSi/c1-13(2)18(14(3)4,15(5)6)11-9-16-8-7-10-17-12-16/h7-8,10,12-15H,1-6H3. The lowest BCUT2D eigenvalue weighted by atomic mass is 10.3.